The second-order valence-corrected chi connectivity index (χ2v) is 6.83. The molecule has 6 nitrogen and oxygen atoms in total. The number of hydrogen-bond donors (Lipinski definition) is 2. The molecule has 0 saturated heterocycles. The molecular formula is C21H30N4O2. The van der Waals surface area contributed by atoms with Crippen molar-refractivity contribution >= 4 is 11.6 Å². The molecule has 146 valence electrons. The van der Waals surface area contributed by atoms with Crippen molar-refractivity contribution in [1.82, 2.24) is 15.3 Å². The van der Waals surface area contributed by atoms with Crippen LogP contribution in [0, 0.1) is 27.7 Å². The minimum atomic E-state index is -0.235. The van der Waals surface area contributed by atoms with E-state index in [0.29, 0.717) is 17.2 Å². The van der Waals surface area contributed by atoms with Crippen molar-refractivity contribution in [2.45, 2.75) is 60.4 Å². The first-order chi connectivity index (χ1) is 12.8. The molecule has 6 heteroatoms. The van der Waals surface area contributed by atoms with Crippen LogP contribution < -0.4 is 15.4 Å². The highest BCUT2D eigenvalue weighted by atomic mass is 16.5. The number of anilines is 1. The van der Waals surface area contributed by atoms with E-state index in [0.717, 1.165) is 41.2 Å². The monoisotopic (exact) mass is 370 g/mol. The van der Waals surface area contributed by atoms with E-state index in [2.05, 4.69) is 34.4 Å². The van der Waals surface area contributed by atoms with E-state index < -0.39 is 0 Å². The number of hydrogen-bond acceptors (Lipinski definition) is 5. The lowest BCUT2D eigenvalue weighted by atomic mass is 10.1. The lowest BCUT2D eigenvalue weighted by molar-refractivity contribution is 0.0961. The van der Waals surface area contributed by atoms with Crippen molar-refractivity contribution in [3.63, 3.8) is 0 Å². The van der Waals surface area contributed by atoms with E-state index in [1.807, 2.05) is 39.8 Å². The molecule has 2 heterocycles. The summed E-state index contributed by atoms with van der Waals surface area (Å²) < 4.78 is 6.14. The first-order valence-electron chi connectivity index (χ1n) is 9.43. The second-order valence-electron chi connectivity index (χ2n) is 6.83. The number of aryl methyl sites for hydroxylation is 4. The van der Waals surface area contributed by atoms with Gasteiger partial charge in [-0.3, -0.25) is 9.78 Å². The minimum Gasteiger partial charge on any atom is -0.436 e. The van der Waals surface area contributed by atoms with Crippen LogP contribution in [0.15, 0.2) is 12.1 Å². The summed E-state index contributed by atoms with van der Waals surface area (Å²) in [6.07, 6.45) is 1.92. The average Bonchev–Trinajstić information content (AvgIpc) is 2.61. The van der Waals surface area contributed by atoms with Crippen molar-refractivity contribution in [1.29, 1.82) is 0 Å². The molecular weight excluding hydrogens is 340 g/mol. The molecule has 0 unspecified atom stereocenters. The molecule has 0 fully saturated rings. The summed E-state index contributed by atoms with van der Waals surface area (Å²) >= 11 is 0. The van der Waals surface area contributed by atoms with Crippen LogP contribution in [-0.2, 0) is 0 Å². The normalized spacial score (nSPS) is 10.8. The molecule has 0 bridgehead atoms. The summed E-state index contributed by atoms with van der Waals surface area (Å²) in [7, 11) is 1.61. The first kappa shape index (κ1) is 20.7. The Morgan fingerprint density at radius 1 is 1.07 bits per heavy atom. The number of rotatable bonds is 7. The molecule has 0 radical (unpaired) electrons. The molecule has 0 saturated carbocycles. The van der Waals surface area contributed by atoms with Crippen molar-refractivity contribution in [3.8, 4) is 11.6 Å². The number of carbonyl (C=O) groups excluding carboxylic acids is 1. The standard InChI is InChI=1S/C21H30N4O2/c1-8-16(9-2)25-17-11-14(5)24-21(18(17)20(26)22-7)27-19-12(3)10-13(4)23-15(19)6/h10-11,16H,8-9H2,1-7H3,(H,22,26)(H,24,25). The molecule has 27 heavy (non-hydrogen) atoms. The van der Waals surface area contributed by atoms with Crippen LogP contribution in [0.2, 0.25) is 0 Å². The van der Waals surface area contributed by atoms with Crippen LogP contribution in [0.25, 0.3) is 0 Å². The van der Waals surface area contributed by atoms with Crippen LogP contribution >= 0.6 is 0 Å². The molecule has 0 aliphatic rings. The molecule has 2 N–H and O–H groups in total. The second kappa shape index (κ2) is 8.84. The number of carbonyl (C=O) groups is 1. The van der Waals surface area contributed by atoms with Gasteiger partial charge in [0.15, 0.2) is 5.75 Å². The van der Waals surface area contributed by atoms with Crippen LogP contribution in [0.5, 0.6) is 11.6 Å². The molecule has 2 aromatic rings. The van der Waals surface area contributed by atoms with Crippen LogP contribution in [0.3, 0.4) is 0 Å². The lowest BCUT2D eigenvalue weighted by Gasteiger charge is -2.21. The first-order valence-corrected chi connectivity index (χ1v) is 9.43. The zero-order chi connectivity index (χ0) is 20.1. The molecule has 1 amide bonds. The molecule has 2 rings (SSSR count). The summed E-state index contributed by atoms with van der Waals surface area (Å²) in [4.78, 5) is 21.6. The van der Waals surface area contributed by atoms with Gasteiger partial charge in [0.1, 0.15) is 5.56 Å². The van der Waals surface area contributed by atoms with Crippen molar-refractivity contribution in [3.05, 3.63) is 40.3 Å². The predicted octanol–water partition coefficient (Wildman–Crippen LogP) is 4.46. The topological polar surface area (TPSA) is 76.1 Å². The van der Waals surface area contributed by atoms with E-state index in [4.69, 9.17) is 4.74 Å². The molecule has 0 spiro atoms. The fourth-order valence-corrected chi connectivity index (χ4v) is 3.15. The van der Waals surface area contributed by atoms with E-state index >= 15 is 0 Å². The molecule has 0 aliphatic carbocycles. The molecule has 2 aromatic heterocycles. The number of nitrogens with zero attached hydrogens (tertiary/aromatic N) is 2. The Hall–Kier alpha value is -2.63. The maximum absolute atomic E-state index is 12.7. The van der Waals surface area contributed by atoms with E-state index in [9.17, 15) is 4.79 Å². The Bertz CT molecular complexity index is 806. The molecule has 0 aliphatic heterocycles. The van der Waals surface area contributed by atoms with Gasteiger partial charge < -0.3 is 15.4 Å². The van der Waals surface area contributed by atoms with Gasteiger partial charge >= 0.3 is 0 Å². The van der Waals surface area contributed by atoms with Gasteiger partial charge in [0.05, 0.1) is 11.4 Å². The SMILES string of the molecule is CCC(CC)Nc1cc(C)nc(Oc2c(C)cc(C)nc2C)c1C(=O)NC. The van der Waals surface area contributed by atoms with Crippen LogP contribution in [0.1, 0.15) is 59.7 Å². The van der Waals surface area contributed by atoms with Crippen molar-refractivity contribution < 1.29 is 9.53 Å². The fraction of sp³-hybridized carbons (Fsp3) is 0.476. The van der Waals surface area contributed by atoms with Gasteiger partial charge in [-0.1, -0.05) is 13.8 Å². The van der Waals surface area contributed by atoms with E-state index in [-0.39, 0.29) is 11.9 Å². The average molecular weight is 370 g/mol. The van der Waals surface area contributed by atoms with Gasteiger partial charge in [-0.05, 0) is 58.2 Å². The quantitative estimate of drug-likeness (QED) is 0.752. The number of amides is 1. The van der Waals surface area contributed by atoms with Crippen molar-refractivity contribution in [2.75, 3.05) is 12.4 Å². The number of aromatic nitrogens is 2. The molecule has 0 atom stereocenters. The molecule has 0 aromatic carbocycles. The largest absolute Gasteiger partial charge is 0.436 e. The maximum atomic E-state index is 12.7. The Morgan fingerprint density at radius 3 is 2.26 bits per heavy atom. The highest BCUT2D eigenvalue weighted by molar-refractivity contribution is 6.01. The zero-order valence-electron chi connectivity index (χ0n) is 17.4. The Labute approximate surface area is 161 Å². The highest BCUT2D eigenvalue weighted by Gasteiger charge is 2.22. The van der Waals surface area contributed by atoms with Gasteiger partial charge in [-0.2, -0.15) is 0 Å². The highest BCUT2D eigenvalue weighted by Crippen LogP contribution is 2.33. The summed E-state index contributed by atoms with van der Waals surface area (Å²) in [6.45, 7) is 11.9. The number of pyridine rings is 2. The minimum absolute atomic E-state index is 0.235. The van der Waals surface area contributed by atoms with Gasteiger partial charge in [-0.15, -0.1) is 0 Å². The number of nitrogens with one attached hydrogen (secondary N) is 2. The van der Waals surface area contributed by atoms with Crippen LogP contribution in [0.4, 0.5) is 5.69 Å². The third kappa shape index (κ3) is 4.76. The summed E-state index contributed by atoms with van der Waals surface area (Å²) in [5, 5.41) is 6.17. The lowest BCUT2D eigenvalue weighted by Crippen LogP contribution is -2.24. The predicted molar refractivity (Wildman–Crippen MR) is 109 cm³/mol. The van der Waals surface area contributed by atoms with E-state index in [1.54, 1.807) is 7.05 Å². The third-order valence-corrected chi connectivity index (χ3v) is 4.57. The Morgan fingerprint density at radius 2 is 1.70 bits per heavy atom. The van der Waals surface area contributed by atoms with Gasteiger partial charge in [0, 0.05) is 24.5 Å². The smallest absolute Gasteiger partial charge is 0.258 e. The van der Waals surface area contributed by atoms with Gasteiger partial charge in [0.25, 0.3) is 5.91 Å². The summed E-state index contributed by atoms with van der Waals surface area (Å²) in [5.74, 6) is 0.693. The third-order valence-electron chi connectivity index (χ3n) is 4.57. The number of ether oxygens (including phenoxy) is 1. The maximum Gasteiger partial charge on any atom is 0.258 e. The van der Waals surface area contributed by atoms with E-state index in [1.165, 1.54) is 0 Å². The van der Waals surface area contributed by atoms with Gasteiger partial charge in [-0.25, -0.2) is 4.98 Å². The zero-order valence-corrected chi connectivity index (χ0v) is 17.4. The Balaban J connectivity index is 2.58. The van der Waals surface area contributed by atoms with Crippen molar-refractivity contribution in [2.24, 2.45) is 0 Å². The van der Waals surface area contributed by atoms with Gasteiger partial charge in [0.2, 0.25) is 5.88 Å². The van der Waals surface area contributed by atoms with Crippen LogP contribution in [-0.4, -0.2) is 29.0 Å². The summed E-state index contributed by atoms with van der Waals surface area (Å²) in [6, 6.07) is 4.12. The Kier molecular flexibility index (Phi) is 6.77. The summed E-state index contributed by atoms with van der Waals surface area (Å²) in [5.41, 5.74) is 4.59. The fourth-order valence-electron chi connectivity index (χ4n) is 3.15.